The van der Waals surface area contributed by atoms with Crippen LogP contribution in [0.15, 0.2) is 54.6 Å². The van der Waals surface area contributed by atoms with Crippen LogP contribution in [0.25, 0.3) is 0 Å². The zero-order valence-corrected chi connectivity index (χ0v) is 19.1. The molecule has 1 aliphatic rings. The van der Waals surface area contributed by atoms with Crippen molar-refractivity contribution >= 4 is 17.7 Å². The Morgan fingerprint density at radius 1 is 0.969 bits per heavy atom. The van der Waals surface area contributed by atoms with Crippen LogP contribution in [-0.4, -0.2) is 48.3 Å². The van der Waals surface area contributed by atoms with Gasteiger partial charge in [-0.2, -0.15) is 0 Å². The van der Waals surface area contributed by atoms with Gasteiger partial charge in [-0.3, -0.25) is 14.4 Å². The summed E-state index contributed by atoms with van der Waals surface area (Å²) < 4.78 is 0. The molecule has 0 saturated carbocycles. The van der Waals surface area contributed by atoms with Crippen LogP contribution in [0.5, 0.6) is 0 Å². The minimum atomic E-state index is -0.630. The van der Waals surface area contributed by atoms with Crippen molar-refractivity contribution in [3.8, 4) is 0 Å². The van der Waals surface area contributed by atoms with E-state index in [2.05, 4.69) is 10.6 Å². The lowest BCUT2D eigenvalue weighted by molar-refractivity contribution is -0.124. The number of likely N-dealkylation sites (tertiary alicyclic amines) is 1. The van der Waals surface area contributed by atoms with Crippen LogP contribution >= 0.6 is 0 Å². The first-order valence-corrected chi connectivity index (χ1v) is 11.4. The Kier molecular flexibility index (Phi) is 8.03. The monoisotopic (exact) mass is 435 g/mol. The molecule has 0 spiro atoms. The molecule has 1 atom stereocenters. The molecular weight excluding hydrogens is 402 g/mol. The van der Waals surface area contributed by atoms with Gasteiger partial charge in [0.25, 0.3) is 11.8 Å². The van der Waals surface area contributed by atoms with Gasteiger partial charge in [-0.05, 0) is 55.4 Å². The van der Waals surface area contributed by atoms with Crippen LogP contribution in [-0.2, 0) is 4.79 Å². The molecule has 1 saturated heterocycles. The molecule has 6 nitrogen and oxygen atoms in total. The second-order valence-electron chi connectivity index (χ2n) is 8.90. The number of carbonyl (C=O) groups is 3. The van der Waals surface area contributed by atoms with Gasteiger partial charge in [0.1, 0.15) is 6.04 Å². The van der Waals surface area contributed by atoms with Gasteiger partial charge in [-0.1, -0.05) is 50.2 Å². The molecule has 1 fully saturated rings. The molecule has 2 aromatic carbocycles. The van der Waals surface area contributed by atoms with Crippen molar-refractivity contribution in [1.82, 2.24) is 15.5 Å². The van der Waals surface area contributed by atoms with E-state index in [1.165, 1.54) is 0 Å². The average molecular weight is 436 g/mol. The molecule has 0 unspecified atom stereocenters. The predicted octanol–water partition coefficient (Wildman–Crippen LogP) is 3.42. The topological polar surface area (TPSA) is 78.5 Å². The van der Waals surface area contributed by atoms with Crippen molar-refractivity contribution in [1.29, 1.82) is 0 Å². The fourth-order valence-corrected chi connectivity index (χ4v) is 4.06. The molecular formula is C26H33N3O3. The number of amides is 3. The van der Waals surface area contributed by atoms with Crippen molar-refractivity contribution in [3.63, 3.8) is 0 Å². The Morgan fingerprint density at radius 3 is 2.22 bits per heavy atom. The highest BCUT2D eigenvalue weighted by Gasteiger charge is 2.34. The number of hydrogen-bond acceptors (Lipinski definition) is 3. The normalized spacial score (nSPS) is 15.3. The predicted molar refractivity (Wildman–Crippen MR) is 125 cm³/mol. The van der Waals surface area contributed by atoms with E-state index in [-0.39, 0.29) is 23.6 Å². The molecule has 32 heavy (non-hydrogen) atoms. The number of benzene rings is 2. The summed E-state index contributed by atoms with van der Waals surface area (Å²) in [5.74, 6) is -0.107. The van der Waals surface area contributed by atoms with Crippen molar-refractivity contribution in [3.05, 3.63) is 71.3 Å². The Hall–Kier alpha value is -3.15. The van der Waals surface area contributed by atoms with Crippen LogP contribution in [0.3, 0.4) is 0 Å². The van der Waals surface area contributed by atoms with E-state index >= 15 is 0 Å². The van der Waals surface area contributed by atoms with E-state index < -0.39 is 6.04 Å². The lowest BCUT2D eigenvalue weighted by atomic mass is 9.88. The van der Waals surface area contributed by atoms with Gasteiger partial charge in [0.15, 0.2) is 0 Å². The number of aryl methyl sites for hydroxylation is 1. The standard InChI is InChI=1S/C26H33N3O3/c1-18(2)17-27-25(31)23(28-24(30)22-12-8-7-9-19(22)3)20-13-15-29(16-14-20)26(32)21-10-5-4-6-11-21/h4-12,18,20,23H,13-17H2,1-3H3,(H,27,31)(H,28,30)/t23-/m0/s1. The van der Waals surface area contributed by atoms with Gasteiger partial charge in [0, 0.05) is 30.8 Å². The molecule has 1 aliphatic heterocycles. The molecule has 3 rings (SSSR count). The highest BCUT2D eigenvalue weighted by atomic mass is 16.2. The van der Waals surface area contributed by atoms with Crippen molar-refractivity contribution < 1.29 is 14.4 Å². The van der Waals surface area contributed by atoms with Gasteiger partial charge < -0.3 is 15.5 Å². The third-order valence-electron chi connectivity index (χ3n) is 5.96. The minimum Gasteiger partial charge on any atom is -0.354 e. The Labute approximate surface area is 190 Å². The molecule has 1 heterocycles. The molecule has 2 N–H and O–H groups in total. The summed E-state index contributed by atoms with van der Waals surface area (Å²) >= 11 is 0. The quantitative estimate of drug-likeness (QED) is 0.700. The number of rotatable bonds is 7. The van der Waals surface area contributed by atoms with Crippen molar-refractivity contribution in [2.24, 2.45) is 11.8 Å². The maximum Gasteiger partial charge on any atom is 0.253 e. The van der Waals surface area contributed by atoms with Gasteiger partial charge in [0.05, 0.1) is 0 Å². The number of nitrogens with one attached hydrogen (secondary N) is 2. The second kappa shape index (κ2) is 10.9. The molecule has 6 heteroatoms. The van der Waals surface area contributed by atoms with E-state index in [9.17, 15) is 14.4 Å². The van der Waals surface area contributed by atoms with E-state index in [1.807, 2.05) is 74.2 Å². The smallest absolute Gasteiger partial charge is 0.253 e. The molecule has 3 amide bonds. The number of piperidine rings is 1. The molecule has 170 valence electrons. The third kappa shape index (κ3) is 5.96. The molecule has 0 aliphatic carbocycles. The van der Waals surface area contributed by atoms with E-state index in [0.29, 0.717) is 49.5 Å². The fraction of sp³-hybridized carbons (Fsp3) is 0.423. The van der Waals surface area contributed by atoms with E-state index in [0.717, 1.165) is 5.56 Å². The Bertz CT molecular complexity index is 934. The SMILES string of the molecule is Cc1ccccc1C(=O)N[C@H](C(=O)NCC(C)C)C1CCN(C(=O)c2ccccc2)CC1. The van der Waals surface area contributed by atoms with Gasteiger partial charge in [0.2, 0.25) is 5.91 Å². The molecule has 0 aromatic heterocycles. The largest absolute Gasteiger partial charge is 0.354 e. The zero-order chi connectivity index (χ0) is 23.1. The lowest BCUT2D eigenvalue weighted by Gasteiger charge is -2.36. The summed E-state index contributed by atoms with van der Waals surface area (Å²) in [6, 6.07) is 16.0. The van der Waals surface area contributed by atoms with Crippen molar-refractivity contribution in [2.45, 2.75) is 39.7 Å². The van der Waals surface area contributed by atoms with Gasteiger partial charge in [-0.15, -0.1) is 0 Å². The first-order chi connectivity index (χ1) is 15.4. The summed E-state index contributed by atoms with van der Waals surface area (Å²) in [7, 11) is 0. The maximum atomic E-state index is 13.0. The van der Waals surface area contributed by atoms with Crippen LogP contribution in [0.4, 0.5) is 0 Å². The summed E-state index contributed by atoms with van der Waals surface area (Å²) in [4.78, 5) is 40.6. The first kappa shape index (κ1) is 23.5. The van der Waals surface area contributed by atoms with Gasteiger partial charge >= 0.3 is 0 Å². The Morgan fingerprint density at radius 2 is 1.59 bits per heavy atom. The van der Waals surface area contributed by atoms with E-state index in [4.69, 9.17) is 0 Å². The molecule has 0 radical (unpaired) electrons. The summed E-state index contributed by atoms with van der Waals surface area (Å²) in [6.45, 7) is 7.64. The average Bonchev–Trinajstić information content (AvgIpc) is 2.81. The lowest BCUT2D eigenvalue weighted by Crippen LogP contribution is -2.54. The number of hydrogen-bond donors (Lipinski definition) is 2. The first-order valence-electron chi connectivity index (χ1n) is 11.4. The highest BCUT2D eigenvalue weighted by molar-refractivity contribution is 5.98. The maximum absolute atomic E-state index is 13.0. The summed E-state index contributed by atoms with van der Waals surface area (Å²) in [6.07, 6.45) is 1.32. The summed E-state index contributed by atoms with van der Waals surface area (Å²) in [5, 5.41) is 5.97. The van der Waals surface area contributed by atoms with E-state index in [1.54, 1.807) is 6.07 Å². The van der Waals surface area contributed by atoms with Crippen LogP contribution < -0.4 is 10.6 Å². The van der Waals surface area contributed by atoms with Crippen LogP contribution in [0.2, 0.25) is 0 Å². The molecule has 0 bridgehead atoms. The van der Waals surface area contributed by atoms with Crippen LogP contribution in [0, 0.1) is 18.8 Å². The second-order valence-corrected chi connectivity index (χ2v) is 8.90. The zero-order valence-electron chi connectivity index (χ0n) is 19.1. The summed E-state index contributed by atoms with van der Waals surface area (Å²) in [5.41, 5.74) is 2.12. The highest BCUT2D eigenvalue weighted by Crippen LogP contribution is 2.23. The van der Waals surface area contributed by atoms with Crippen LogP contribution in [0.1, 0.15) is 53.0 Å². The molecule has 2 aromatic rings. The fourth-order valence-electron chi connectivity index (χ4n) is 4.06. The minimum absolute atomic E-state index is 0.00815. The van der Waals surface area contributed by atoms with Gasteiger partial charge in [-0.25, -0.2) is 0 Å². The van der Waals surface area contributed by atoms with Crippen molar-refractivity contribution in [2.75, 3.05) is 19.6 Å². The Balaban J connectivity index is 1.69. The number of carbonyl (C=O) groups excluding carboxylic acids is 3. The third-order valence-corrected chi connectivity index (χ3v) is 5.96. The number of nitrogens with zero attached hydrogens (tertiary/aromatic N) is 1.